The first-order valence-electron chi connectivity index (χ1n) is 8.85. The molecule has 1 aliphatic rings. The number of benzene rings is 1. The van der Waals surface area contributed by atoms with Crippen LogP contribution in [0, 0.1) is 12.8 Å². The minimum Gasteiger partial charge on any atom is -0.467 e. The smallest absolute Gasteiger partial charge is 0.328 e. The summed E-state index contributed by atoms with van der Waals surface area (Å²) in [6, 6.07) is 7.46. The van der Waals surface area contributed by atoms with Crippen molar-refractivity contribution >= 4 is 39.6 Å². The summed E-state index contributed by atoms with van der Waals surface area (Å²) in [5, 5.41) is 3.51. The molecule has 4 nitrogen and oxygen atoms in total. The van der Waals surface area contributed by atoms with Gasteiger partial charge >= 0.3 is 5.97 Å². The fourth-order valence-electron chi connectivity index (χ4n) is 3.44. The Balaban J connectivity index is 2.34. The van der Waals surface area contributed by atoms with Gasteiger partial charge in [0.25, 0.3) is 0 Å². The second-order valence-corrected chi connectivity index (χ2v) is 8.12. The predicted molar refractivity (Wildman–Crippen MR) is 115 cm³/mol. The number of hydrogen-bond donors (Lipinski definition) is 1. The fourth-order valence-corrected chi connectivity index (χ4v) is 4.75. The number of carbonyl (C=O) groups excluding carboxylic acids is 2. The molecule has 0 aromatic heterocycles. The van der Waals surface area contributed by atoms with Crippen LogP contribution in [0.15, 0.2) is 48.6 Å². The molecule has 27 heavy (non-hydrogen) atoms. The van der Waals surface area contributed by atoms with Gasteiger partial charge in [-0.1, -0.05) is 64.5 Å². The lowest BCUT2D eigenvalue weighted by molar-refractivity contribution is -0.145. The number of amides is 1. The number of esters is 1. The van der Waals surface area contributed by atoms with Crippen molar-refractivity contribution in [3.05, 3.63) is 59.7 Å². The number of halogens is 1. The molecular formula is C21H26BrNO3S. The Labute approximate surface area is 173 Å². The maximum atomic E-state index is 13.2. The Morgan fingerprint density at radius 1 is 1.33 bits per heavy atom. The minimum atomic E-state index is -0.640. The third-order valence-electron chi connectivity index (χ3n) is 4.93. The molecule has 1 aromatic carbocycles. The summed E-state index contributed by atoms with van der Waals surface area (Å²) in [5.41, 5.74) is 1.72. The summed E-state index contributed by atoms with van der Waals surface area (Å²) < 4.78 is 4.88. The predicted octanol–water partition coefficient (Wildman–Crippen LogP) is 3.78. The summed E-state index contributed by atoms with van der Waals surface area (Å²) in [5.74, 6) is -0.241. The second-order valence-electron chi connectivity index (χ2n) is 6.58. The first-order chi connectivity index (χ1) is 13.0. The third kappa shape index (κ3) is 4.85. The van der Waals surface area contributed by atoms with Crippen molar-refractivity contribution in [3.63, 3.8) is 0 Å². The van der Waals surface area contributed by atoms with Crippen molar-refractivity contribution < 1.29 is 14.3 Å². The maximum absolute atomic E-state index is 13.2. The molecule has 1 aromatic rings. The van der Waals surface area contributed by atoms with Gasteiger partial charge in [-0.3, -0.25) is 4.79 Å². The first-order valence-corrected chi connectivity index (χ1v) is 11.4. The van der Waals surface area contributed by atoms with Gasteiger partial charge in [-0.05, 0) is 36.5 Å². The zero-order valence-electron chi connectivity index (χ0n) is 15.9. The molecule has 0 radical (unpaired) electrons. The van der Waals surface area contributed by atoms with Gasteiger partial charge in [0, 0.05) is 10.7 Å². The molecule has 3 unspecified atom stereocenters. The van der Waals surface area contributed by atoms with Crippen LogP contribution in [0.2, 0.25) is 0 Å². The van der Waals surface area contributed by atoms with Crippen molar-refractivity contribution in [1.82, 2.24) is 5.32 Å². The number of thioether (sulfide) groups is 1. The van der Waals surface area contributed by atoms with E-state index in [1.807, 2.05) is 36.6 Å². The van der Waals surface area contributed by atoms with E-state index in [9.17, 15) is 9.59 Å². The highest BCUT2D eigenvalue weighted by Gasteiger charge is 2.43. The molecule has 1 amide bonds. The summed E-state index contributed by atoms with van der Waals surface area (Å²) in [6.45, 7) is 2.05. The Bertz CT molecular complexity index is 734. The van der Waals surface area contributed by atoms with Crippen LogP contribution in [0.3, 0.4) is 0 Å². The van der Waals surface area contributed by atoms with Gasteiger partial charge < -0.3 is 10.1 Å². The average molecular weight is 452 g/mol. The quantitative estimate of drug-likeness (QED) is 0.482. The van der Waals surface area contributed by atoms with E-state index in [2.05, 4.69) is 46.4 Å². The molecule has 0 saturated carbocycles. The number of alkyl halides is 1. The number of methoxy groups -OCH3 is 1. The normalized spacial score (nSPS) is 22.3. The highest BCUT2D eigenvalue weighted by Crippen LogP contribution is 2.40. The first kappa shape index (κ1) is 21.8. The van der Waals surface area contributed by atoms with Crippen LogP contribution in [-0.4, -0.2) is 42.4 Å². The van der Waals surface area contributed by atoms with Crippen LogP contribution in [0.5, 0.6) is 0 Å². The van der Waals surface area contributed by atoms with Gasteiger partial charge in [0.15, 0.2) is 0 Å². The topological polar surface area (TPSA) is 55.4 Å². The summed E-state index contributed by atoms with van der Waals surface area (Å²) >= 11 is 5.27. The van der Waals surface area contributed by atoms with E-state index in [1.54, 1.807) is 11.8 Å². The number of hydrogen-bond acceptors (Lipinski definition) is 4. The number of aryl methyl sites for hydroxylation is 1. The Morgan fingerprint density at radius 2 is 2.07 bits per heavy atom. The molecular weight excluding hydrogens is 426 g/mol. The molecule has 1 aliphatic carbocycles. The van der Waals surface area contributed by atoms with Crippen LogP contribution in [-0.2, 0) is 19.7 Å². The molecule has 0 bridgehead atoms. The summed E-state index contributed by atoms with van der Waals surface area (Å²) in [4.78, 5) is 25.3. The van der Waals surface area contributed by atoms with Crippen LogP contribution < -0.4 is 5.32 Å². The molecule has 0 fully saturated rings. The van der Waals surface area contributed by atoms with E-state index in [-0.39, 0.29) is 5.91 Å². The van der Waals surface area contributed by atoms with Crippen molar-refractivity contribution in [2.24, 2.45) is 5.92 Å². The van der Waals surface area contributed by atoms with Crippen LogP contribution in [0.4, 0.5) is 0 Å². The van der Waals surface area contributed by atoms with Gasteiger partial charge in [0.1, 0.15) is 6.04 Å². The maximum Gasteiger partial charge on any atom is 0.328 e. The van der Waals surface area contributed by atoms with Gasteiger partial charge in [-0.25, -0.2) is 4.79 Å². The monoisotopic (exact) mass is 451 g/mol. The minimum absolute atomic E-state index is 0.171. The Hall–Kier alpha value is -1.53. The number of allylic oxidation sites excluding steroid dienone is 3. The van der Waals surface area contributed by atoms with Crippen LogP contribution >= 0.6 is 27.7 Å². The van der Waals surface area contributed by atoms with E-state index >= 15 is 0 Å². The largest absolute Gasteiger partial charge is 0.467 e. The fraction of sp³-hybridized carbons (Fsp3) is 0.429. The highest BCUT2D eigenvalue weighted by atomic mass is 79.9. The molecule has 3 atom stereocenters. The average Bonchev–Trinajstić information content (AvgIpc) is 2.70. The van der Waals surface area contributed by atoms with Crippen molar-refractivity contribution in [2.45, 2.75) is 24.8 Å². The highest BCUT2D eigenvalue weighted by molar-refractivity contribution is 9.09. The van der Waals surface area contributed by atoms with Crippen molar-refractivity contribution in [1.29, 1.82) is 0 Å². The number of carbonyl (C=O) groups is 2. The van der Waals surface area contributed by atoms with Crippen molar-refractivity contribution in [2.75, 3.05) is 24.4 Å². The summed E-state index contributed by atoms with van der Waals surface area (Å²) in [7, 11) is 1.35. The van der Waals surface area contributed by atoms with E-state index < -0.39 is 23.3 Å². The van der Waals surface area contributed by atoms with E-state index in [4.69, 9.17) is 4.74 Å². The molecule has 0 saturated heterocycles. The van der Waals surface area contributed by atoms with E-state index in [0.29, 0.717) is 11.8 Å². The number of ether oxygens (including phenoxy) is 1. The Morgan fingerprint density at radius 3 is 2.70 bits per heavy atom. The standard InChI is InChI=1S/C21H26BrNO3S/c1-15-8-4-5-9-16(15)21(14-22)12-7-6-10-17(21)19(24)23-18(11-13-27-3)20(25)26-2/h4-10,12,17-18H,11,13-14H2,1-3H3,(H,23,24). The zero-order valence-corrected chi connectivity index (χ0v) is 18.3. The molecule has 6 heteroatoms. The molecule has 0 spiro atoms. The van der Waals surface area contributed by atoms with E-state index in [1.165, 1.54) is 7.11 Å². The second kappa shape index (κ2) is 10.1. The Kier molecular flexibility index (Phi) is 8.17. The van der Waals surface area contributed by atoms with Crippen molar-refractivity contribution in [3.8, 4) is 0 Å². The molecule has 0 heterocycles. The molecule has 146 valence electrons. The molecule has 0 aliphatic heterocycles. The van der Waals surface area contributed by atoms with Gasteiger partial charge in [0.2, 0.25) is 5.91 Å². The zero-order chi connectivity index (χ0) is 19.9. The van der Waals surface area contributed by atoms with Crippen LogP contribution in [0.1, 0.15) is 17.5 Å². The van der Waals surface area contributed by atoms with Crippen LogP contribution in [0.25, 0.3) is 0 Å². The lowest BCUT2D eigenvalue weighted by Gasteiger charge is -2.38. The van der Waals surface area contributed by atoms with Gasteiger partial charge in [-0.2, -0.15) is 11.8 Å². The number of rotatable bonds is 8. The molecule has 2 rings (SSSR count). The van der Waals surface area contributed by atoms with Gasteiger partial charge in [0.05, 0.1) is 13.0 Å². The third-order valence-corrected chi connectivity index (χ3v) is 6.50. The SMILES string of the molecule is COC(=O)C(CCSC)NC(=O)C1C=CC=CC1(CBr)c1ccccc1C. The summed E-state index contributed by atoms with van der Waals surface area (Å²) in [6.07, 6.45) is 10.4. The lowest BCUT2D eigenvalue weighted by Crippen LogP contribution is -2.50. The van der Waals surface area contributed by atoms with Gasteiger partial charge in [-0.15, -0.1) is 0 Å². The molecule has 1 N–H and O–H groups in total. The number of nitrogens with one attached hydrogen (secondary N) is 1. The lowest BCUT2D eigenvalue weighted by atomic mass is 9.68. The van der Waals surface area contributed by atoms with E-state index in [0.717, 1.165) is 16.9 Å².